The fourth-order valence-electron chi connectivity index (χ4n) is 0.807. The molecule has 0 aliphatic heterocycles. The molecular formula is C6H8N4O4. The van der Waals surface area contributed by atoms with Crippen molar-refractivity contribution in [2.24, 2.45) is 0 Å². The fourth-order valence-corrected chi connectivity index (χ4v) is 0.807. The zero-order valence-corrected chi connectivity index (χ0v) is 7.30. The largest absolute Gasteiger partial charge is 0.480 e. The number of carbonyl (C=O) groups is 2. The van der Waals surface area contributed by atoms with Crippen LogP contribution < -0.4 is 5.73 Å². The molecule has 0 radical (unpaired) electrons. The second-order valence-electron chi connectivity index (χ2n) is 2.37. The van der Waals surface area contributed by atoms with Gasteiger partial charge in [0.15, 0.2) is 5.82 Å². The number of ether oxygens (including phenoxy) is 1. The lowest BCUT2D eigenvalue weighted by Crippen LogP contribution is -2.13. The van der Waals surface area contributed by atoms with E-state index in [2.05, 4.69) is 15.0 Å². The van der Waals surface area contributed by atoms with Gasteiger partial charge in [0.1, 0.15) is 6.54 Å². The van der Waals surface area contributed by atoms with E-state index in [4.69, 9.17) is 10.8 Å². The molecule has 0 atom stereocenters. The van der Waals surface area contributed by atoms with E-state index in [1.807, 2.05) is 0 Å². The topological polar surface area (TPSA) is 120 Å². The number of aliphatic carboxylic acids is 1. The molecule has 0 unspecified atom stereocenters. The summed E-state index contributed by atoms with van der Waals surface area (Å²) in [6.07, 6.45) is 0. The molecule has 0 bridgehead atoms. The Kier molecular flexibility index (Phi) is 2.65. The number of esters is 1. The minimum atomic E-state index is -1.13. The summed E-state index contributed by atoms with van der Waals surface area (Å²) in [5.74, 6) is -2.00. The van der Waals surface area contributed by atoms with Crippen molar-refractivity contribution in [3.05, 3.63) is 5.69 Å². The van der Waals surface area contributed by atoms with Crippen molar-refractivity contribution < 1.29 is 19.4 Å². The molecule has 1 heterocycles. The third-order valence-corrected chi connectivity index (χ3v) is 1.44. The average Bonchev–Trinajstić information content (AvgIpc) is 2.46. The van der Waals surface area contributed by atoms with Gasteiger partial charge in [0.25, 0.3) is 0 Å². The third-order valence-electron chi connectivity index (χ3n) is 1.44. The van der Waals surface area contributed by atoms with Crippen LogP contribution in [-0.4, -0.2) is 39.1 Å². The maximum Gasteiger partial charge on any atom is 0.362 e. The van der Waals surface area contributed by atoms with Gasteiger partial charge in [0.2, 0.25) is 5.69 Å². The first-order valence-corrected chi connectivity index (χ1v) is 3.55. The highest BCUT2D eigenvalue weighted by molar-refractivity contribution is 5.91. The van der Waals surface area contributed by atoms with Crippen molar-refractivity contribution in [1.29, 1.82) is 0 Å². The average molecular weight is 200 g/mol. The molecule has 0 aromatic carbocycles. The van der Waals surface area contributed by atoms with Crippen LogP contribution in [0.25, 0.3) is 0 Å². The first kappa shape index (κ1) is 9.96. The maximum absolute atomic E-state index is 11.0. The molecule has 8 heteroatoms. The van der Waals surface area contributed by atoms with Crippen LogP contribution in [0.15, 0.2) is 0 Å². The summed E-state index contributed by atoms with van der Waals surface area (Å²) in [6, 6.07) is 0. The molecule has 0 fully saturated rings. The molecule has 8 nitrogen and oxygen atoms in total. The number of nitrogens with zero attached hydrogens (tertiary/aromatic N) is 3. The maximum atomic E-state index is 11.0. The monoisotopic (exact) mass is 200 g/mol. The van der Waals surface area contributed by atoms with E-state index < -0.39 is 18.5 Å². The van der Waals surface area contributed by atoms with Crippen LogP contribution in [0.1, 0.15) is 10.5 Å². The lowest BCUT2D eigenvalue weighted by atomic mass is 10.4. The second kappa shape index (κ2) is 3.73. The number of hydrogen-bond donors (Lipinski definition) is 2. The van der Waals surface area contributed by atoms with Crippen LogP contribution in [0.5, 0.6) is 0 Å². The number of carbonyl (C=O) groups excluding carboxylic acids is 1. The highest BCUT2D eigenvalue weighted by Gasteiger charge is 2.18. The Morgan fingerprint density at radius 2 is 2.29 bits per heavy atom. The number of carboxylic acid groups (broad SMARTS) is 1. The normalized spacial score (nSPS) is 9.79. The summed E-state index contributed by atoms with van der Waals surface area (Å²) in [4.78, 5) is 21.3. The van der Waals surface area contributed by atoms with Gasteiger partial charge in [-0.15, -0.1) is 5.10 Å². The molecule has 76 valence electrons. The predicted octanol–water partition coefficient (Wildman–Crippen LogP) is -1.27. The second-order valence-corrected chi connectivity index (χ2v) is 2.37. The van der Waals surface area contributed by atoms with Gasteiger partial charge in [-0.25, -0.2) is 9.48 Å². The molecule has 0 saturated carbocycles. The Bertz CT molecular complexity index is 372. The fraction of sp³-hybridized carbons (Fsp3) is 0.333. The molecule has 1 aromatic rings. The van der Waals surface area contributed by atoms with E-state index in [0.29, 0.717) is 0 Å². The zero-order chi connectivity index (χ0) is 10.7. The van der Waals surface area contributed by atoms with E-state index in [0.717, 1.165) is 11.8 Å². The van der Waals surface area contributed by atoms with Gasteiger partial charge in [-0.1, -0.05) is 5.21 Å². The van der Waals surface area contributed by atoms with Gasteiger partial charge in [-0.05, 0) is 0 Å². The number of nitrogen functional groups attached to an aromatic ring is 1. The molecule has 0 aliphatic carbocycles. The summed E-state index contributed by atoms with van der Waals surface area (Å²) < 4.78 is 5.25. The van der Waals surface area contributed by atoms with E-state index >= 15 is 0 Å². The quantitative estimate of drug-likeness (QED) is 0.583. The first-order chi connectivity index (χ1) is 6.56. The first-order valence-electron chi connectivity index (χ1n) is 3.55. The summed E-state index contributed by atoms with van der Waals surface area (Å²) in [5, 5.41) is 15.2. The minimum Gasteiger partial charge on any atom is -0.480 e. The Morgan fingerprint density at radius 1 is 1.64 bits per heavy atom. The van der Waals surface area contributed by atoms with Crippen LogP contribution in [0.4, 0.5) is 5.82 Å². The number of aromatic nitrogens is 3. The van der Waals surface area contributed by atoms with E-state index in [9.17, 15) is 9.59 Å². The highest BCUT2D eigenvalue weighted by Crippen LogP contribution is 2.08. The van der Waals surface area contributed by atoms with Gasteiger partial charge in [0, 0.05) is 0 Å². The van der Waals surface area contributed by atoms with Crippen molar-refractivity contribution in [2.45, 2.75) is 6.54 Å². The zero-order valence-electron chi connectivity index (χ0n) is 7.30. The summed E-state index contributed by atoms with van der Waals surface area (Å²) in [6.45, 7) is -0.449. The van der Waals surface area contributed by atoms with Crippen molar-refractivity contribution in [3.8, 4) is 0 Å². The molecule has 1 aromatic heterocycles. The number of hydrogen-bond acceptors (Lipinski definition) is 6. The van der Waals surface area contributed by atoms with Crippen LogP contribution in [0.2, 0.25) is 0 Å². The van der Waals surface area contributed by atoms with E-state index in [1.165, 1.54) is 0 Å². The number of rotatable bonds is 3. The van der Waals surface area contributed by atoms with Crippen LogP contribution in [0.3, 0.4) is 0 Å². The molecule has 14 heavy (non-hydrogen) atoms. The van der Waals surface area contributed by atoms with Gasteiger partial charge < -0.3 is 15.6 Å². The van der Waals surface area contributed by atoms with Gasteiger partial charge in [-0.2, -0.15) is 0 Å². The van der Waals surface area contributed by atoms with Crippen LogP contribution >= 0.6 is 0 Å². The Labute approximate surface area is 78.3 Å². The van der Waals surface area contributed by atoms with Gasteiger partial charge >= 0.3 is 11.9 Å². The third kappa shape index (κ3) is 1.79. The minimum absolute atomic E-state index is 0.126. The summed E-state index contributed by atoms with van der Waals surface area (Å²) >= 11 is 0. The molecular weight excluding hydrogens is 192 g/mol. The van der Waals surface area contributed by atoms with Crippen LogP contribution in [-0.2, 0) is 16.1 Å². The lowest BCUT2D eigenvalue weighted by molar-refractivity contribution is -0.137. The van der Waals surface area contributed by atoms with Crippen molar-refractivity contribution in [1.82, 2.24) is 15.0 Å². The Balaban J connectivity index is 2.96. The SMILES string of the molecule is COC(=O)c1nnn(CC(=O)O)c1N. The predicted molar refractivity (Wildman–Crippen MR) is 43.4 cm³/mol. The molecule has 0 saturated heterocycles. The van der Waals surface area contributed by atoms with E-state index in [1.54, 1.807) is 0 Å². The van der Waals surface area contributed by atoms with Crippen molar-refractivity contribution in [2.75, 3.05) is 12.8 Å². The molecule has 1 rings (SSSR count). The summed E-state index contributed by atoms with van der Waals surface area (Å²) in [5.41, 5.74) is 5.22. The standard InChI is InChI=1S/C6H8N4O4/c1-14-6(13)4-5(7)10(9-8-4)2-3(11)12/h2,7H2,1H3,(H,11,12). The van der Waals surface area contributed by atoms with Crippen molar-refractivity contribution in [3.63, 3.8) is 0 Å². The van der Waals surface area contributed by atoms with Crippen molar-refractivity contribution >= 4 is 17.8 Å². The number of methoxy groups -OCH3 is 1. The van der Waals surface area contributed by atoms with Gasteiger partial charge in [-0.3, -0.25) is 4.79 Å². The number of nitrogens with two attached hydrogens (primary N) is 1. The highest BCUT2D eigenvalue weighted by atomic mass is 16.5. The van der Waals surface area contributed by atoms with E-state index in [-0.39, 0.29) is 11.5 Å². The number of anilines is 1. The lowest BCUT2D eigenvalue weighted by Gasteiger charge is -1.98. The smallest absolute Gasteiger partial charge is 0.362 e. The van der Waals surface area contributed by atoms with Crippen LogP contribution in [0, 0.1) is 0 Å². The molecule has 0 aliphatic rings. The Hall–Kier alpha value is -2.12. The summed E-state index contributed by atoms with van der Waals surface area (Å²) in [7, 11) is 1.16. The van der Waals surface area contributed by atoms with Gasteiger partial charge in [0.05, 0.1) is 7.11 Å². The Morgan fingerprint density at radius 3 is 2.79 bits per heavy atom. The molecule has 0 spiro atoms. The molecule has 0 amide bonds. The molecule has 3 N–H and O–H groups in total. The number of carboxylic acids is 1.